The van der Waals surface area contributed by atoms with Gasteiger partial charge in [-0.05, 0) is 0 Å². The van der Waals surface area contributed by atoms with Gasteiger partial charge in [-0.15, -0.1) is 11.3 Å². The van der Waals surface area contributed by atoms with Gasteiger partial charge in [0.15, 0.2) is 5.13 Å². The van der Waals surface area contributed by atoms with Gasteiger partial charge in [-0.1, -0.05) is 0 Å². The second kappa shape index (κ2) is 2.71. The fraction of sp³-hybridized carbons (Fsp3) is 0.250. The predicted octanol–water partition coefficient (Wildman–Crippen LogP) is 1.05. The maximum atomic E-state index is 5.67. The zero-order valence-corrected chi connectivity index (χ0v) is 8.10. The predicted molar refractivity (Wildman–Crippen MR) is 53.3 cm³/mol. The SMILES string of the molecule is Nc1nc2c(s1)CCOc1[nH]ncc1-2. The van der Waals surface area contributed by atoms with Crippen LogP contribution in [-0.4, -0.2) is 21.8 Å². The highest BCUT2D eigenvalue weighted by Gasteiger charge is 2.20. The molecule has 0 unspecified atom stereocenters. The van der Waals surface area contributed by atoms with Crippen LogP contribution in [0.2, 0.25) is 0 Å². The van der Waals surface area contributed by atoms with Crippen molar-refractivity contribution in [3.8, 4) is 17.1 Å². The number of nitrogens with zero attached hydrogens (tertiary/aromatic N) is 2. The van der Waals surface area contributed by atoms with E-state index in [2.05, 4.69) is 15.2 Å². The number of hydrogen-bond donors (Lipinski definition) is 2. The second-order valence-electron chi connectivity index (χ2n) is 3.04. The molecule has 2 aromatic heterocycles. The summed E-state index contributed by atoms with van der Waals surface area (Å²) in [5, 5.41) is 7.33. The van der Waals surface area contributed by atoms with Gasteiger partial charge in [0.2, 0.25) is 5.88 Å². The number of aromatic amines is 1. The largest absolute Gasteiger partial charge is 0.477 e. The van der Waals surface area contributed by atoms with Crippen LogP contribution in [0.25, 0.3) is 11.3 Å². The van der Waals surface area contributed by atoms with Crippen LogP contribution < -0.4 is 10.5 Å². The lowest BCUT2D eigenvalue weighted by molar-refractivity contribution is 0.314. The second-order valence-corrected chi connectivity index (χ2v) is 4.15. The molecular formula is C8H8N4OS. The standard InChI is InChI=1S/C8H8N4OS/c9-8-11-6-4-3-10-12-7(4)13-2-1-5(6)14-8/h3H,1-2H2,(H2,9,11)(H,10,12). The van der Waals surface area contributed by atoms with Crippen LogP contribution >= 0.6 is 11.3 Å². The summed E-state index contributed by atoms with van der Waals surface area (Å²) in [7, 11) is 0. The molecule has 3 N–H and O–H groups in total. The first-order chi connectivity index (χ1) is 6.84. The number of H-pyrrole nitrogens is 1. The van der Waals surface area contributed by atoms with Gasteiger partial charge in [0.25, 0.3) is 0 Å². The minimum absolute atomic E-state index is 0.601. The lowest BCUT2D eigenvalue weighted by atomic mass is 10.2. The van der Waals surface area contributed by atoms with Crippen LogP contribution in [0.3, 0.4) is 0 Å². The van der Waals surface area contributed by atoms with Gasteiger partial charge in [-0.3, -0.25) is 0 Å². The van der Waals surface area contributed by atoms with E-state index >= 15 is 0 Å². The van der Waals surface area contributed by atoms with Crippen molar-refractivity contribution in [1.82, 2.24) is 15.2 Å². The highest BCUT2D eigenvalue weighted by Crippen LogP contribution is 2.36. The van der Waals surface area contributed by atoms with Gasteiger partial charge >= 0.3 is 0 Å². The normalized spacial score (nSPS) is 14.0. The molecule has 72 valence electrons. The van der Waals surface area contributed by atoms with Gasteiger partial charge in [0.1, 0.15) is 0 Å². The van der Waals surface area contributed by atoms with E-state index in [0.29, 0.717) is 17.6 Å². The van der Waals surface area contributed by atoms with E-state index in [9.17, 15) is 0 Å². The number of hydrogen-bond acceptors (Lipinski definition) is 5. The average Bonchev–Trinajstić information content (AvgIpc) is 2.70. The number of aromatic nitrogens is 3. The molecule has 0 bridgehead atoms. The fourth-order valence-corrected chi connectivity index (χ4v) is 2.38. The Bertz CT molecular complexity index is 475. The Morgan fingerprint density at radius 2 is 2.50 bits per heavy atom. The minimum Gasteiger partial charge on any atom is -0.477 e. The molecule has 0 saturated heterocycles. The Hall–Kier alpha value is -1.56. The number of nitrogens with one attached hydrogen (secondary N) is 1. The molecule has 14 heavy (non-hydrogen) atoms. The van der Waals surface area contributed by atoms with Gasteiger partial charge in [-0.2, -0.15) is 5.10 Å². The Balaban J connectivity index is 2.26. The fourth-order valence-electron chi connectivity index (χ4n) is 1.55. The molecule has 0 atom stereocenters. The highest BCUT2D eigenvalue weighted by atomic mass is 32.1. The molecule has 2 aromatic rings. The smallest absolute Gasteiger partial charge is 0.218 e. The molecule has 1 aliphatic rings. The third-order valence-corrected chi connectivity index (χ3v) is 3.09. The number of ether oxygens (including phenoxy) is 1. The van der Waals surface area contributed by atoms with Gasteiger partial charge in [0.05, 0.1) is 24.1 Å². The van der Waals surface area contributed by atoms with Crippen LogP contribution in [-0.2, 0) is 6.42 Å². The lowest BCUT2D eigenvalue weighted by Crippen LogP contribution is -1.98. The van der Waals surface area contributed by atoms with Crippen molar-refractivity contribution in [1.29, 1.82) is 0 Å². The van der Waals surface area contributed by atoms with Gasteiger partial charge in [0, 0.05) is 11.3 Å². The number of rotatable bonds is 0. The van der Waals surface area contributed by atoms with Crippen molar-refractivity contribution in [2.75, 3.05) is 12.3 Å². The Morgan fingerprint density at radius 1 is 1.57 bits per heavy atom. The molecule has 0 amide bonds. The summed E-state index contributed by atoms with van der Waals surface area (Å²) in [4.78, 5) is 5.45. The molecule has 3 rings (SSSR count). The topological polar surface area (TPSA) is 76.8 Å². The molecular weight excluding hydrogens is 200 g/mol. The van der Waals surface area contributed by atoms with Crippen molar-refractivity contribution >= 4 is 16.5 Å². The van der Waals surface area contributed by atoms with E-state index in [1.165, 1.54) is 16.2 Å². The van der Waals surface area contributed by atoms with E-state index in [-0.39, 0.29) is 0 Å². The molecule has 6 heteroatoms. The molecule has 5 nitrogen and oxygen atoms in total. The van der Waals surface area contributed by atoms with Crippen molar-refractivity contribution < 1.29 is 4.74 Å². The molecule has 0 saturated carbocycles. The summed E-state index contributed by atoms with van der Waals surface area (Å²) in [6.45, 7) is 0.643. The van der Waals surface area contributed by atoms with E-state index in [4.69, 9.17) is 10.5 Å². The van der Waals surface area contributed by atoms with Crippen LogP contribution in [0.5, 0.6) is 5.88 Å². The quantitative estimate of drug-likeness (QED) is 0.678. The first kappa shape index (κ1) is 7.81. The summed E-state index contributed by atoms with van der Waals surface area (Å²) >= 11 is 1.52. The third kappa shape index (κ3) is 1.00. The molecule has 3 heterocycles. The van der Waals surface area contributed by atoms with E-state index < -0.39 is 0 Å². The Labute approximate surface area is 83.9 Å². The van der Waals surface area contributed by atoms with Crippen molar-refractivity contribution in [2.24, 2.45) is 0 Å². The van der Waals surface area contributed by atoms with Gasteiger partial charge in [-0.25, -0.2) is 10.1 Å². The molecule has 0 spiro atoms. The van der Waals surface area contributed by atoms with Crippen molar-refractivity contribution in [3.63, 3.8) is 0 Å². The number of thiazole rings is 1. The monoisotopic (exact) mass is 208 g/mol. The maximum Gasteiger partial charge on any atom is 0.218 e. The summed E-state index contributed by atoms with van der Waals surface area (Å²) in [5.41, 5.74) is 7.49. The molecule has 0 aromatic carbocycles. The van der Waals surface area contributed by atoms with Crippen LogP contribution in [0.15, 0.2) is 6.20 Å². The Morgan fingerprint density at radius 3 is 3.43 bits per heavy atom. The van der Waals surface area contributed by atoms with Gasteiger partial charge < -0.3 is 10.5 Å². The number of fused-ring (bicyclic) bond motifs is 3. The highest BCUT2D eigenvalue weighted by molar-refractivity contribution is 7.15. The number of nitrogens with two attached hydrogens (primary N) is 1. The number of nitrogen functional groups attached to an aromatic ring is 1. The zero-order chi connectivity index (χ0) is 9.54. The Kier molecular flexibility index (Phi) is 1.51. The van der Waals surface area contributed by atoms with Crippen LogP contribution in [0.1, 0.15) is 4.88 Å². The summed E-state index contributed by atoms with van der Waals surface area (Å²) in [5.74, 6) is 0.689. The van der Waals surface area contributed by atoms with E-state index in [1.54, 1.807) is 6.20 Å². The van der Waals surface area contributed by atoms with Crippen LogP contribution in [0.4, 0.5) is 5.13 Å². The molecule has 0 radical (unpaired) electrons. The molecule has 0 fully saturated rings. The van der Waals surface area contributed by atoms with E-state index in [0.717, 1.165) is 17.7 Å². The number of anilines is 1. The summed E-state index contributed by atoms with van der Waals surface area (Å²) < 4.78 is 5.48. The summed E-state index contributed by atoms with van der Waals surface area (Å²) in [6, 6.07) is 0. The van der Waals surface area contributed by atoms with E-state index in [1.807, 2.05) is 0 Å². The lowest BCUT2D eigenvalue weighted by Gasteiger charge is -1.98. The minimum atomic E-state index is 0.601. The van der Waals surface area contributed by atoms with Crippen molar-refractivity contribution in [3.05, 3.63) is 11.1 Å². The zero-order valence-electron chi connectivity index (χ0n) is 7.28. The first-order valence-corrected chi connectivity index (χ1v) is 5.08. The van der Waals surface area contributed by atoms with Crippen LogP contribution in [0, 0.1) is 0 Å². The van der Waals surface area contributed by atoms with Crippen molar-refractivity contribution in [2.45, 2.75) is 6.42 Å². The molecule has 1 aliphatic heterocycles. The first-order valence-electron chi connectivity index (χ1n) is 4.26. The maximum absolute atomic E-state index is 5.67. The average molecular weight is 208 g/mol. The summed E-state index contributed by atoms with van der Waals surface area (Å²) in [6.07, 6.45) is 2.57. The third-order valence-electron chi connectivity index (χ3n) is 2.15. The molecule has 0 aliphatic carbocycles.